The van der Waals surface area contributed by atoms with Crippen molar-refractivity contribution < 1.29 is 5.21 Å². The Morgan fingerprint density at radius 3 is 2.72 bits per heavy atom. The molecule has 0 aliphatic carbocycles. The van der Waals surface area contributed by atoms with Gasteiger partial charge in [-0.25, -0.2) is 0 Å². The van der Waals surface area contributed by atoms with Crippen LogP contribution in [-0.4, -0.2) is 38.8 Å². The Labute approximate surface area is 107 Å². The third kappa shape index (κ3) is 2.81. The van der Waals surface area contributed by atoms with Gasteiger partial charge in [0.1, 0.15) is 5.84 Å². The molecule has 0 atom stereocenters. The normalized spacial score (nSPS) is 19.3. The van der Waals surface area contributed by atoms with Gasteiger partial charge in [0, 0.05) is 19.5 Å². The maximum absolute atomic E-state index is 8.67. The molecule has 1 aliphatic heterocycles. The molecule has 100 valence electrons. The maximum Gasteiger partial charge on any atom is 0.142 e. The van der Waals surface area contributed by atoms with Crippen molar-refractivity contribution in [1.29, 1.82) is 0 Å². The Balaban J connectivity index is 1.89. The Hall–Kier alpha value is -1.56. The van der Waals surface area contributed by atoms with Crippen LogP contribution in [0.5, 0.6) is 0 Å². The summed E-state index contributed by atoms with van der Waals surface area (Å²) in [5.74, 6) is 0.588. The largest absolute Gasteiger partial charge is 0.409 e. The molecule has 0 radical (unpaired) electrons. The van der Waals surface area contributed by atoms with Gasteiger partial charge in [-0.05, 0) is 38.9 Å². The third-order valence-corrected chi connectivity index (χ3v) is 3.61. The molecule has 1 aromatic heterocycles. The van der Waals surface area contributed by atoms with E-state index in [1.807, 2.05) is 18.7 Å². The Morgan fingerprint density at radius 1 is 1.56 bits per heavy atom. The van der Waals surface area contributed by atoms with E-state index in [2.05, 4.69) is 21.2 Å². The lowest BCUT2D eigenvalue weighted by atomic mass is 9.96. The molecular weight excluding hydrogens is 230 g/mol. The lowest BCUT2D eigenvalue weighted by molar-refractivity contribution is 0.194. The molecule has 0 aromatic carbocycles. The summed E-state index contributed by atoms with van der Waals surface area (Å²) < 4.78 is 1.94. The Bertz CT molecular complexity index is 432. The molecule has 0 spiro atoms. The molecule has 0 amide bonds. The van der Waals surface area contributed by atoms with Crippen molar-refractivity contribution in [3.8, 4) is 0 Å². The average molecular weight is 251 g/mol. The second-order valence-electron chi connectivity index (χ2n) is 4.98. The summed E-state index contributed by atoms with van der Waals surface area (Å²) in [7, 11) is 1.98. The zero-order valence-corrected chi connectivity index (χ0v) is 11.0. The van der Waals surface area contributed by atoms with Crippen molar-refractivity contribution >= 4 is 5.84 Å². The van der Waals surface area contributed by atoms with Gasteiger partial charge >= 0.3 is 0 Å². The van der Waals surface area contributed by atoms with E-state index in [1.165, 1.54) is 5.69 Å². The van der Waals surface area contributed by atoms with Crippen LogP contribution >= 0.6 is 0 Å². The fourth-order valence-corrected chi connectivity index (χ4v) is 2.51. The van der Waals surface area contributed by atoms with Crippen LogP contribution in [0.4, 0.5) is 0 Å². The molecule has 0 unspecified atom stereocenters. The molecule has 1 aliphatic rings. The van der Waals surface area contributed by atoms with E-state index in [1.54, 1.807) is 0 Å². The first-order chi connectivity index (χ1) is 8.60. The fraction of sp³-hybridized carbons (Fsp3) is 0.667. The monoisotopic (exact) mass is 251 g/mol. The zero-order chi connectivity index (χ0) is 13.1. The van der Waals surface area contributed by atoms with Crippen LogP contribution < -0.4 is 5.73 Å². The van der Waals surface area contributed by atoms with Gasteiger partial charge in [0.15, 0.2) is 0 Å². The molecular formula is C12H21N5O. The number of aromatic nitrogens is 2. The van der Waals surface area contributed by atoms with E-state index in [0.29, 0.717) is 5.84 Å². The first-order valence-electron chi connectivity index (χ1n) is 6.29. The Morgan fingerprint density at radius 2 is 2.22 bits per heavy atom. The smallest absolute Gasteiger partial charge is 0.142 e. The number of piperidine rings is 1. The van der Waals surface area contributed by atoms with Crippen LogP contribution in [0.3, 0.4) is 0 Å². The number of hydrogen-bond donors (Lipinski definition) is 2. The summed E-state index contributed by atoms with van der Waals surface area (Å²) in [6, 6.07) is 2.12. The van der Waals surface area contributed by atoms with E-state index in [9.17, 15) is 0 Å². The van der Waals surface area contributed by atoms with Crippen molar-refractivity contribution in [2.45, 2.75) is 26.3 Å². The van der Waals surface area contributed by atoms with Gasteiger partial charge in [-0.1, -0.05) is 5.16 Å². The fourth-order valence-electron chi connectivity index (χ4n) is 2.51. The Kier molecular flexibility index (Phi) is 3.86. The highest BCUT2D eigenvalue weighted by Crippen LogP contribution is 2.19. The lowest BCUT2D eigenvalue weighted by Gasteiger charge is -2.31. The molecule has 0 bridgehead atoms. The van der Waals surface area contributed by atoms with Crippen LogP contribution in [0, 0.1) is 12.8 Å². The number of aryl methyl sites for hydroxylation is 2. The van der Waals surface area contributed by atoms with Gasteiger partial charge in [-0.2, -0.15) is 5.10 Å². The highest BCUT2D eigenvalue weighted by Gasteiger charge is 2.22. The predicted octanol–water partition coefficient (Wildman–Crippen LogP) is 0.687. The molecule has 2 rings (SSSR count). The zero-order valence-electron chi connectivity index (χ0n) is 11.0. The standard InChI is InChI=1S/C12H21N5O/c1-9-7-11(16(2)14-9)8-17-5-3-10(4-6-17)12(13)15-18/h7,10,18H,3-6,8H2,1-2H3,(H2,13,15). The van der Waals surface area contributed by atoms with Crippen molar-refractivity contribution in [2.75, 3.05) is 13.1 Å². The summed E-state index contributed by atoms with van der Waals surface area (Å²) in [4.78, 5) is 2.39. The molecule has 2 heterocycles. The molecule has 1 aromatic rings. The van der Waals surface area contributed by atoms with Crippen LogP contribution in [0.1, 0.15) is 24.2 Å². The maximum atomic E-state index is 8.67. The van der Waals surface area contributed by atoms with E-state index in [0.717, 1.165) is 38.2 Å². The average Bonchev–Trinajstić information content (AvgIpc) is 2.68. The quantitative estimate of drug-likeness (QED) is 0.358. The van der Waals surface area contributed by atoms with Crippen LogP contribution in [0.2, 0.25) is 0 Å². The van der Waals surface area contributed by atoms with E-state index >= 15 is 0 Å². The molecule has 1 saturated heterocycles. The van der Waals surface area contributed by atoms with Crippen LogP contribution in [0.15, 0.2) is 11.2 Å². The predicted molar refractivity (Wildman–Crippen MR) is 69.4 cm³/mol. The summed E-state index contributed by atoms with van der Waals surface area (Å²) in [5, 5.41) is 16.1. The van der Waals surface area contributed by atoms with Gasteiger partial charge in [-0.15, -0.1) is 0 Å². The minimum atomic E-state index is 0.222. The second kappa shape index (κ2) is 5.39. The van der Waals surface area contributed by atoms with Crippen molar-refractivity contribution in [3.63, 3.8) is 0 Å². The number of oxime groups is 1. The highest BCUT2D eigenvalue weighted by atomic mass is 16.4. The molecule has 0 saturated carbocycles. The van der Waals surface area contributed by atoms with E-state index in [4.69, 9.17) is 10.9 Å². The molecule has 6 nitrogen and oxygen atoms in total. The van der Waals surface area contributed by atoms with Crippen molar-refractivity contribution in [1.82, 2.24) is 14.7 Å². The van der Waals surface area contributed by atoms with Gasteiger partial charge in [0.05, 0.1) is 11.4 Å². The summed E-state index contributed by atoms with van der Waals surface area (Å²) in [6.07, 6.45) is 1.90. The molecule has 6 heteroatoms. The minimum Gasteiger partial charge on any atom is -0.409 e. The van der Waals surface area contributed by atoms with Crippen LogP contribution in [-0.2, 0) is 13.6 Å². The third-order valence-electron chi connectivity index (χ3n) is 3.61. The first-order valence-corrected chi connectivity index (χ1v) is 6.29. The van der Waals surface area contributed by atoms with Crippen molar-refractivity contribution in [2.24, 2.45) is 23.9 Å². The number of rotatable bonds is 3. The summed E-state index contributed by atoms with van der Waals surface area (Å²) in [5.41, 5.74) is 7.93. The van der Waals surface area contributed by atoms with E-state index in [-0.39, 0.29) is 5.92 Å². The van der Waals surface area contributed by atoms with Gasteiger partial charge in [0.2, 0.25) is 0 Å². The summed E-state index contributed by atoms with van der Waals surface area (Å²) in [6.45, 7) is 4.88. The van der Waals surface area contributed by atoms with Crippen LogP contribution in [0.25, 0.3) is 0 Å². The molecule has 1 fully saturated rings. The first kappa shape index (κ1) is 12.9. The van der Waals surface area contributed by atoms with E-state index < -0.39 is 0 Å². The molecule has 3 N–H and O–H groups in total. The minimum absolute atomic E-state index is 0.222. The lowest BCUT2D eigenvalue weighted by Crippen LogP contribution is -2.38. The topological polar surface area (TPSA) is 79.7 Å². The number of nitrogens with two attached hydrogens (primary N) is 1. The number of amidine groups is 1. The SMILES string of the molecule is Cc1cc(CN2CCC(C(N)=NO)CC2)n(C)n1. The number of likely N-dealkylation sites (tertiary alicyclic amines) is 1. The van der Waals surface area contributed by atoms with Gasteiger partial charge in [-0.3, -0.25) is 9.58 Å². The van der Waals surface area contributed by atoms with Crippen molar-refractivity contribution in [3.05, 3.63) is 17.5 Å². The number of nitrogens with zero attached hydrogens (tertiary/aromatic N) is 4. The number of hydrogen-bond acceptors (Lipinski definition) is 4. The van der Waals surface area contributed by atoms with Gasteiger partial charge in [0.25, 0.3) is 0 Å². The second-order valence-corrected chi connectivity index (χ2v) is 4.98. The summed E-state index contributed by atoms with van der Waals surface area (Å²) >= 11 is 0. The highest BCUT2D eigenvalue weighted by molar-refractivity contribution is 5.82. The van der Waals surface area contributed by atoms with Gasteiger partial charge < -0.3 is 10.9 Å². The molecule has 18 heavy (non-hydrogen) atoms.